The molecule has 72 valence electrons. The Labute approximate surface area is 83.3 Å². The lowest BCUT2D eigenvalue weighted by Crippen LogP contribution is -2.01. The molecule has 0 N–H and O–H groups in total. The van der Waals surface area contributed by atoms with Crippen molar-refractivity contribution in [2.45, 2.75) is 19.9 Å². The Hall–Kier alpha value is -0.700. The fourth-order valence-electron chi connectivity index (χ4n) is 1.22. The molecule has 1 heterocycles. The monoisotopic (exact) mass is 197 g/mol. The SMILES string of the molecule is CCSCCCn1cccc1C=O. The average Bonchev–Trinajstić information content (AvgIpc) is 2.60. The standard InChI is InChI=1S/C10H15NOS/c1-2-13-8-4-7-11-6-3-5-10(11)9-12/h3,5-6,9H,2,4,7-8H2,1H3. The van der Waals surface area contributed by atoms with E-state index in [9.17, 15) is 4.79 Å². The van der Waals surface area contributed by atoms with E-state index in [2.05, 4.69) is 6.92 Å². The minimum atomic E-state index is 0.779. The molecule has 0 fully saturated rings. The molecule has 3 heteroatoms. The van der Waals surface area contributed by atoms with Gasteiger partial charge in [-0.15, -0.1) is 0 Å². The number of carbonyl (C=O) groups is 1. The molecule has 13 heavy (non-hydrogen) atoms. The van der Waals surface area contributed by atoms with Crippen LogP contribution in [0.25, 0.3) is 0 Å². The number of aromatic nitrogens is 1. The second-order valence-electron chi connectivity index (χ2n) is 2.79. The third-order valence-electron chi connectivity index (χ3n) is 1.88. The zero-order valence-electron chi connectivity index (χ0n) is 7.90. The lowest BCUT2D eigenvalue weighted by Gasteiger charge is -2.03. The molecule has 0 aliphatic rings. The summed E-state index contributed by atoms with van der Waals surface area (Å²) in [4.78, 5) is 10.6. The number of aryl methyl sites for hydroxylation is 1. The summed E-state index contributed by atoms with van der Waals surface area (Å²) in [5, 5.41) is 0. The number of nitrogens with zero attached hydrogens (tertiary/aromatic N) is 1. The molecule has 0 unspecified atom stereocenters. The quantitative estimate of drug-likeness (QED) is 0.516. The molecule has 1 aromatic heterocycles. The van der Waals surface area contributed by atoms with Crippen molar-refractivity contribution >= 4 is 18.0 Å². The van der Waals surface area contributed by atoms with Crippen LogP contribution in [0.1, 0.15) is 23.8 Å². The number of rotatable bonds is 6. The summed E-state index contributed by atoms with van der Waals surface area (Å²) in [5.41, 5.74) is 0.779. The van der Waals surface area contributed by atoms with Crippen LogP contribution in [-0.2, 0) is 6.54 Å². The van der Waals surface area contributed by atoms with Gasteiger partial charge < -0.3 is 4.57 Å². The summed E-state index contributed by atoms with van der Waals surface area (Å²) in [6.07, 6.45) is 4.00. The maximum Gasteiger partial charge on any atom is 0.166 e. The zero-order valence-corrected chi connectivity index (χ0v) is 8.72. The van der Waals surface area contributed by atoms with E-state index in [4.69, 9.17) is 0 Å². The minimum Gasteiger partial charge on any atom is -0.345 e. The molecule has 0 radical (unpaired) electrons. The van der Waals surface area contributed by atoms with Crippen molar-refractivity contribution in [3.63, 3.8) is 0 Å². The molecule has 2 nitrogen and oxygen atoms in total. The molecule has 0 bridgehead atoms. The van der Waals surface area contributed by atoms with Crippen molar-refractivity contribution in [2.24, 2.45) is 0 Å². The molecule has 0 saturated heterocycles. The topological polar surface area (TPSA) is 22.0 Å². The number of thioether (sulfide) groups is 1. The first kappa shape index (κ1) is 10.4. The first-order valence-electron chi connectivity index (χ1n) is 4.56. The summed E-state index contributed by atoms with van der Waals surface area (Å²) in [6.45, 7) is 3.12. The van der Waals surface area contributed by atoms with Gasteiger partial charge in [0.05, 0.1) is 5.69 Å². The first-order chi connectivity index (χ1) is 6.38. The van der Waals surface area contributed by atoms with Crippen molar-refractivity contribution in [2.75, 3.05) is 11.5 Å². The summed E-state index contributed by atoms with van der Waals surface area (Å²) in [7, 11) is 0. The normalized spacial score (nSPS) is 10.2. The van der Waals surface area contributed by atoms with Crippen LogP contribution in [-0.4, -0.2) is 22.4 Å². The summed E-state index contributed by atoms with van der Waals surface area (Å²) >= 11 is 1.94. The van der Waals surface area contributed by atoms with Gasteiger partial charge in [0.25, 0.3) is 0 Å². The summed E-state index contributed by atoms with van der Waals surface area (Å²) in [5.74, 6) is 2.35. The van der Waals surface area contributed by atoms with E-state index in [1.54, 1.807) is 0 Å². The van der Waals surface area contributed by atoms with Crippen molar-refractivity contribution < 1.29 is 4.79 Å². The molecule has 0 amide bonds. The van der Waals surface area contributed by atoms with E-state index in [0.29, 0.717) is 0 Å². The Balaban J connectivity index is 2.31. The van der Waals surface area contributed by atoms with E-state index in [-0.39, 0.29) is 0 Å². The Morgan fingerprint density at radius 2 is 2.46 bits per heavy atom. The summed E-state index contributed by atoms with van der Waals surface area (Å²) < 4.78 is 2.00. The van der Waals surface area contributed by atoms with Gasteiger partial charge in [-0.3, -0.25) is 4.79 Å². The fourth-order valence-corrected chi connectivity index (χ4v) is 1.84. The van der Waals surface area contributed by atoms with Gasteiger partial charge in [0, 0.05) is 12.7 Å². The van der Waals surface area contributed by atoms with E-state index < -0.39 is 0 Å². The summed E-state index contributed by atoms with van der Waals surface area (Å²) in [6, 6.07) is 3.76. The smallest absolute Gasteiger partial charge is 0.166 e. The molecule has 0 atom stereocenters. The number of carbonyl (C=O) groups excluding carboxylic acids is 1. The maximum atomic E-state index is 10.6. The van der Waals surface area contributed by atoms with Crippen LogP contribution >= 0.6 is 11.8 Å². The van der Waals surface area contributed by atoms with Crippen molar-refractivity contribution in [1.29, 1.82) is 0 Å². The van der Waals surface area contributed by atoms with Crippen molar-refractivity contribution in [3.05, 3.63) is 24.0 Å². The Bertz CT molecular complexity index is 257. The van der Waals surface area contributed by atoms with Crippen molar-refractivity contribution in [3.8, 4) is 0 Å². The predicted molar refractivity (Wildman–Crippen MR) is 57.4 cm³/mol. The molecule has 1 rings (SSSR count). The van der Waals surface area contributed by atoms with Gasteiger partial charge in [-0.2, -0.15) is 11.8 Å². The second-order valence-corrected chi connectivity index (χ2v) is 4.19. The highest BCUT2D eigenvalue weighted by Gasteiger charge is 1.97. The van der Waals surface area contributed by atoms with Gasteiger partial charge in [0.15, 0.2) is 6.29 Å². The second kappa shape index (κ2) is 5.86. The van der Waals surface area contributed by atoms with E-state index in [1.807, 2.05) is 34.7 Å². The highest BCUT2D eigenvalue weighted by molar-refractivity contribution is 7.99. The van der Waals surface area contributed by atoms with Crippen LogP contribution < -0.4 is 0 Å². The Morgan fingerprint density at radius 3 is 3.15 bits per heavy atom. The van der Waals surface area contributed by atoms with Crippen LogP contribution in [0.4, 0.5) is 0 Å². The molecule has 0 spiro atoms. The molecule has 1 aromatic rings. The Kier molecular flexibility index (Phi) is 4.68. The van der Waals surface area contributed by atoms with Gasteiger partial charge in [0.2, 0.25) is 0 Å². The average molecular weight is 197 g/mol. The van der Waals surface area contributed by atoms with Crippen LogP contribution in [0.5, 0.6) is 0 Å². The molecule has 0 aliphatic heterocycles. The van der Waals surface area contributed by atoms with E-state index >= 15 is 0 Å². The van der Waals surface area contributed by atoms with Gasteiger partial charge in [-0.25, -0.2) is 0 Å². The van der Waals surface area contributed by atoms with Crippen LogP contribution in [0.3, 0.4) is 0 Å². The number of hydrogen-bond donors (Lipinski definition) is 0. The molecule has 0 aromatic carbocycles. The molecule has 0 saturated carbocycles. The van der Waals surface area contributed by atoms with Crippen LogP contribution in [0.2, 0.25) is 0 Å². The highest BCUT2D eigenvalue weighted by Crippen LogP contribution is 2.05. The fraction of sp³-hybridized carbons (Fsp3) is 0.500. The first-order valence-corrected chi connectivity index (χ1v) is 5.72. The lowest BCUT2D eigenvalue weighted by atomic mass is 10.4. The van der Waals surface area contributed by atoms with Crippen molar-refractivity contribution in [1.82, 2.24) is 4.57 Å². The molecular weight excluding hydrogens is 182 g/mol. The third-order valence-corrected chi connectivity index (χ3v) is 2.86. The third kappa shape index (κ3) is 3.27. The minimum absolute atomic E-state index is 0.779. The van der Waals surface area contributed by atoms with Crippen LogP contribution in [0, 0.1) is 0 Å². The Morgan fingerprint density at radius 1 is 1.62 bits per heavy atom. The number of hydrogen-bond acceptors (Lipinski definition) is 2. The highest BCUT2D eigenvalue weighted by atomic mass is 32.2. The molecule has 0 aliphatic carbocycles. The number of aldehydes is 1. The molecular formula is C10H15NOS. The van der Waals surface area contributed by atoms with Crippen LogP contribution in [0.15, 0.2) is 18.3 Å². The lowest BCUT2D eigenvalue weighted by molar-refractivity contribution is 0.111. The van der Waals surface area contributed by atoms with E-state index in [0.717, 1.165) is 24.9 Å². The van der Waals surface area contributed by atoms with Gasteiger partial charge in [-0.1, -0.05) is 6.92 Å². The largest absolute Gasteiger partial charge is 0.345 e. The zero-order chi connectivity index (χ0) is 9.52. The maximum absolute atomic E-state index is 10.6. The van der Waals surface area contributed by atoms with Gasteiger partial charge in [0.1, 0.15) is 0 Å². The van der Waals surface area contributed by atoms with Gasteiger partial charge >= 0.3 is 0 Å². The predicted octanol–water partition coefficient (Wildman–Crippen LogP) is 2.44. The van der Waals surface area contributed by atoms with Gasteiger partial charge in [-0.05, 0) is 30.1 Å². The van der Waals surface area contributed by atoms with E-state index in [1.165, 1.54) is 11.5 Å².